The predicted octanol–water partition coefficient (Wildman–Crippen LogP) is 4.28. The molecular weight excluding hydrogens is 326 g/mol. The highest BCUT2D eigenvalue weighted by atomic mass is 16.5. The van der Waals surface area contributed by atoms with Gasteiger partial charge in [0.1, 0.15) is 0 Å². The Balaban J connectivity index is 1.67. The number of fused-ring (bicyclic) bond motifs is 1. The number of hydrogen-bond acceptors (Lipinski definition) is 3. The van der Waals surface area contributed by atoms with Crippen LogP contribution in [0.1, 0.15) is 51.5 Å². The fraction of sp³-hybridized carbons (Fsp3) is 0.364. The number of amides is 1. The van der Waals surface area contributed by atoms with E-state index in [-0.39, 0.29) is 5.91 Å². The van der Waals surface area contributed by atoms with Gasteiger partial charge in [-0.3, -0.25) is 4.79 Å². The van der Waals surface area contributed by atoms with Crippen molar-refractivity contribution < 1.29 is 14.3 Å². The van der Waals surface area contributed by atoms with Gasteiger partial charge in [0.05, 0.1) is 5.56 Å². The lowest BCUT2D eigenvalue weighted by Crippen LogP contribution is -2.30. The molecule has 0 saturated carbocycles. The smallest absolute Gasteiger partial charge is 0.338 e. The van der Waals surface area contributed by atoms with Gasteiger partial charge in [-0.25, -0.2) is 4.79 Å². The fourth-order valence-corrected chi connectivity index (χ4v) is 3.58. The summed E-state index contributed by atoms with van der Waals surface area (Å²) in [5.41, 5.74) is 6.93. The van der Waals surface area contributed by atoms with Crippen molar-refractivity contribution in [2.24, 2.45) is 0 Å². The Morgan fingerprint density at radius 3 is 2.35 bits per heavy atom. The highest BCUT2D eigenvalue weighted by Crippen LogP contribution is 2.24. The first-order valence-electron chi connectivity index (χ1n) is 9.06. The summed E-state index contributed by atoms with van der Waals surface area (Å²) in [5, 5.41) is 2.89. The van der Waals surface area contributed by atoms with E-state index in [0.29, 0.717) is 5.56 Å². The second kappa shape index (κ2) is 7.32. The molecule has 0 aromatic heterocycles. The number of aryl methyl sites for hydroxylation is 5. The van der Waals surface area contributed by atoms with Gasteiger partial charge in [-0.05, 0) is 81.3 Å². The molecule has 1 atom stereocenters. The first kappa shape index (κ1) is 18.2. The van der Waals surface area contributed by atoms with E-state index in [1.807, 2.05) is 45.0 Å². The molecule has 0 saturated heterocycles. The van der Waals surface area contributed by atoms with E-state index in [9.17, 15) is 9.59 Å². The Morgan fingerprint density at radius 1 is 1.00 bits per heavy atom. The number of ether oxygens (including phenoxy) is 1. The van der Waals surface area contributed by atoms with Gasteiger partial charge in [0.25, 0.3) is 5.91 Å². The molecule has 136 valence electrons. The van der Waals surface area contributed by atoms with Crippen molar-refractivity contribution in [2.45, 2.75) is 53.1 Å². The van der Waals surface area contributed by atoms with Crippen molar-refractivity contribution in [3.63, 3.8) is 0 Å². The third-order valence-corrected chi connectivity index (χ3v) is 4.91. The molecule has 0 heterocycles. The van der Waals surface area contributed by atoms with E-state index in [0.717, 1.165) is 41.6 Å². The van der Waals surface area contributed by atoms with Crippen LogP contribution in [0.2, 0.25) is 0 Å². The number of nitrogens with one attached hydrogen (secondary N) is 1. The Hall–Kier alpha value is -2.62. The van der Waals surface area contributed by atoms with Crippen LogP contribution >= 0.6 is 0 Å². The molecule has 0 aliphatic heterocycles. The minimum atomic E-state index is -0.865. The van der Waals surface area contributed by atoms with Gasteiger partial charge in [-0.2, -0.15) is 0 Å². The molecule has 1 aliphatic carbocycles. The van der Waals surface area contributed by atoms with Crippen molar-refractivity contribution in [1.29, 1.82) is 0 Å². The van der Waals surface area contributed by atoms with Crippen LogP contribution in [0.25, 0.3) is 0 Å². The first-order chi connectivity index (χ1) is 12.3. The molecule has 0 spiro atoms. The highest BCUT2D eigenvalue weighted by molar-refractivity contribution is 5.98. The number of esters is 1. The van der Waals surface area contributed by atoms with Crippen molar-refractivity contribution in [2.75, 3.05) is 5.32 Å². The lowest BCUT2D eigenvalue weighted by Gasteiger charge is -2.17. The van der Waals surface area contributed by atoms with E-state index in [1.165, 1.54) is 11.1 Å². The zero-order valence-corrected chi connectivity index (χ0v) is 15.8. The van der Waals surface area contributed by atoms with Gasteiger partial charge < -0.3 is 10.1 Å². The molecule has 0 radical (unpaired) electrons. The molecule has 0 bridgehead atoms. The van der Waals surface area contributed by atoms with E-state index >= 15 is 0 Å². The average Bonchev–Trinajstić information content (AvgIpc) is 3.05. The summed E-state index contributed by atoms with van der Waals surface area (Å²) in [6.07, 6.45) is 2.33. The van der Waals surface area contributed by atoms with Crippen molar-refractivity contribution >= 4 is 17.6 Å². The van der Waals surface area contributed by atoms with Gasteiger partial charge in [0.2, 0.25) is 0 Å². The second-order valence-corrected chi connectivity index (χ2v) is 7.15. The number of carbonyl (C=O) groups is 2. The maximum atomic E-state index is 12.5. The minimum Gasteiger partial charge on any atom is -0.449 e. The topological polar surface area (TPSA) is 55.4 Å². The third kappa shape index (κ3) is 3.79. The zero-order chi connectivity index (χ0) is 18.8. The van der Waals surface area contributed by atoms with Gasteiger partial charge in [-0.15, -0.1) is 0 Å². The third-order valence-electron chi connectivity index (χ3n) is 4.91. The summed E-state index contributed by atoms with van der Waals surface area (Å²) in [7, 11) is 0. The van der Waals surface area contributed by atoms with Crippen LogP contribution in [-0.4, -0.2) is 18.0 Å². The van der Waals surface area contributed by atoms with Gasteiger partial charge >= 0.3 is 5.97 Å². The monoisotopic (exact) mass is 351 g/mol. The molecular formula is C22H25NO3. The summed E-state index contributed by atoms with van der Waals surface area (Å²) in [4.78, 5) is 24.9. The second-order valence-electron chi connectivity index (χ2n) is 7.15. The lowest BCUT2D eigenvalue weighted by atomic mass is 10.0. The normalized spacial score (nSPS) is 13.8. The molecule has 1 unspecified atom stereocenters. The first-order valence-corrected chi connectivity index (χ1v) is 9.06. The fourth-order valence-electron chi connectivity index (χ4n) is 3.58. The highest BCUT2D eigenvalue weighted by Gasteiger charge is 2.21. The molecule has 3 rings (SSSR count). The van der Waals surface area contributed by atoms with Crippen LogP contribution < -0.4 is 5.32 Å². The summed E-state index contributed by atoms with van der Waals surface area (Å²) < 4.78 is 5.38. The summed E-state index contributed by atoms with van der Waals surface area (Å²) in [5.74, 6) is -0.783. The van der Waals surface area contributed by atoms with Crippen LogP contribution in [0.4, 0.5) is 5.69 Å². The Labute approximate surface area is 154 Å². The number of hydrogen-bond donors (Lipinski definition) is 1. The maximum Gasteiger partial charge on any atom is 0.338 e. The standard InChI is InChI=1S/C22H25NO3/c1-13-10-14(2)20(15(3)11-13)23-21(24)16(4)26-22(25)19-9-8-17-6-5-7-18(17)12-19/h8-12,16H,5-7H2,1-4H3,(H,23,24). The Kier molecular flexibility index (Phi) is 5.12. The van der Waals surface area contributed by atoms with Gasteiger partial charge in [0, 0.05) is 5.69 Å². The van der Waals surface area contributed by atoms with Crippen LogP contribution in [0.5, 0.6) is 0 Å². The van der Waals surface area contributed by atoms with Crippen molar-refractivity contribution in [3.8, 4) is 0 Å². The van der Waals surface area contributed by atoms with Crippen LogP contribution in [0, 0.1) is 20.8 Å². The SMILES string of the molecule is Cc1cc(C)c(NC(=O)C(C)OC(=O)c2ccc3c(c2)CCC3)c(C)c1. The summed E-state index contributed by atoms with van der Waals surface area (Å²) in [6, 6.07) is 9.70. The number of carbonyl (C=O) groups excluding carboxylic acids is 2. The minimum absolute atomic E-state index is 0.324. The number of rotatable bonds is 4. The molecule has 2 aromatic rings. The molecule has 1 amide bonds. The molecule has 1 N–H and O–H groups in total. The zero-order valence-electron chi connectivity index (χ0n) is 15.8. The molecule has 4 heteroatoms. The average molecular weight is 351 g/mol. The summed E-state index contributed by atoms with van der Waals surface area (Å²) in [6.45, 7) is 7.53. The molecule has 0 fully saturated rings. The quantitative estimate of drug-likeness (QED) is 0.836. The molecule has 1 aliphatic rings. The number of anilines is 1. The Morgan fingerprint density at radius 2 is 1.65 bits per heavy atom. The predicted molar refractivity (Wildman–Crippen MR) is 103 cm³/mol. The molecule has 4 nitrogen and oxygen atoms in total. The maximum absolute atomic E-state index is 12.5. The Bertz CT molecular complexity index is 847. The van der Waals surface area contributed by atoms with Gasteiger partial charge in [-0.1, -0.05) is 23.8 Å². The van der Waals surface area contributed by atoms with Gasteiger partial charge in [0.15, 0.2) is 6.10 Å². The molecule has 26 heavy (non-hydrogen) atoms. The number of benzene rings is 2. The van der Waals surface area contributed by atoms with Crippen molar-refractivity contribution in [1.82, 2.24) is 0 Å². The van der Waals surface area contributed by atoms with Crippen molar-refractivity contribution in [3.05, 3.63) is 63.7 Å². The summed E-state index contributed by atoms with van der Waals surface area (Å²) >= 11 is 0. The van der Waals surface area contributed by atoms with Crippen LogP contribution in [0.15, 0.2) is 30.3 Å². The van der Waals surface area contributed by atoms with Crippen LogP contribution in [0.3, 0.4) is 0 Å². The van der Waals surface area contributed by atoms with Crippen LogP contribution in [-0.2, 0) is 22.4 Å². The van der Waals surface area contributed by atoms with E-state index in [2.05, 4.69) is 5.32 Å². The largest absolute Gasteiger partial charge is 0.449 e. The van der Waals surface area contributed by atoms with E-state index in [4.69, 9.17) is 4.74 Å². The van der Waals surface area contributed by atoms with E-state index < -0.39 is 12.1 Å². The van der Waals surface area contributed by atoms with E-state index in [1.54, 1.807) is 13.0 Å². The lowest BCUT2D eigenvalue weighted by molar-refractivity contribution is -0.123. The molecule has 2 aromatic carbocycles.